The third kappa shape index (κ3) is 4.32. The topological polar surface area (TPSA) is 89.3 Å². The van der Waals surface area contributed by atoms with E-state index < -0.39 is 11.9 Å². The lowest BCUT2D eigenvalue weighted by molar-refractivity contribution is -0.128. The number of nitrogens with two attached hydrogens (primary N) is 1. The van der Waals surface area contributed by atoms with E-state index in [0.717, 1.165) is 18.4 Å². The molecule has 1 fully saturated rings. The zero-order valence-electron chi connectivity index (χ0n) is 13.8. The van der Waals surface area contributed by atoms with Crippen molar-refractivity contribution in [1.82, 2.24) is 5.32 Å². The Morgan fingerprint density at radius 1 is 0.960 bits per heavy atom. The zero-order chi connectivity index (χ0) is 17.8. The number of benzene rings is 2. The predicted molar refractivity (Wildman–Crippen MR) is 93.9 cm³/mol. The van der Waals surface area contributed by atoms with Gasteiger partial charge in [0.15, 0.2) is 5.78 Å². The van der Waals surface area contributed by atoms with Crippen molar-refractivity contribution in [3.63, 3.8) is 0 Å². The second kappa shape index (κ2) is 7.30. The molecule has 5 heteroatoms. The molecule has 0 unspecified atom stereocenters. The number of rotatable bonds is 7. The molecule has 128 valence electrons. The number of carbonyl (C=O) groups is 3. The van der Waals surface area contributed by atoms with Crippen molar-refractivity contribution in [3.8, 4) is 0 Å². The molecule has 0 saturated heterocycles. The molecule has 0 heterocycles. The fourth-order valence-electron chi connectivity index (χ4n) is 2.64. The van der Waals surface area contributed by atoms with Crippen LogP contribution in [-0.2, 0) is 16.0 Å². The molecule has 0 aliphatic heterocycles. The van der Waals surface area contributed by atoms with Gasteiger partial charge in [-0.25, -0.2) is 0 Å². The van der Waals surface area contributed by atoms with Crippen molar-refractivity contribution in [2.75, 3.05) is 0 Å². The van der Waals surface area contributed by atoms with Gasteiger partial charge in [0, 0.05) is 23.5 Å². The third-order valence-electron chi connectivity index (χ3n) is 4.30. The summed E-state index contributed by atoms with van der Waals surface area (Å²) in [5, 5.41) is 2.71. The molecule has 5 nitrogen and oxygen atoms in total. The monoisotopic (exact) mass is 336 g/mol. The molecule has 1 atom stereocenters. The van der Waals surface area contributed by atoms with Crippen molar-refractivity contribution >= 4 is 17.6 Å². The molecular formula is C20H20N2O3. The van der Waals surface area contributed by atoms with Crippen LogP contribution in [0.15, 0.2) is 54.6 Å². The lowest BCUT2D eigenvalue weighted by atomic mass is 9.99. The maximum atomic E-state index is 12.4. The minimum absolute atomic E-state index is 0.0210. The summed E-state index contributed by atoms with van der Waals surface area (Å²) in [6.45, 7) is 0. The van der Waals surface area contributed by atoms with Gasteiger partial charge in [-0.1, -0.05) is 54.6 Å². The number of ketones is 1. The van der Waals surface area contributed by atoms with Gasteiger partial charge in [0.05, 0.1) is 0 Å². The Morgan fingerprint density at radius 3 is 2.12 bits per heavy atom. The fraction of sp³-hybridized carbons (Fsp3) is 0.250. The molecule has 0 bridgehead atoms. The summed E-state index contributed by atoms with van der Waals surface area (Å²) in [4.78, 5) is 35.8. The van der Waals surface area contributed by atoms with E-state index >= 15 is 0 Å². The Labute approximate surface area is 146 Å². The van der Waals surface area contributed by atoms with Crippen molar-refractivity contribution < 1.29 is 14.4 Å². The summed E-state index contributed by atoms with van der Waals surface area (Å²) in [7, 11) is 0. The zero-order valence-corrected chi connectivity index (χ0v) is 13.8. The molecule has 0 radical (unpaired) electrons. The van der Waals surface area contributed by atoms with E-state index in [1.807, 2.05) is 18.2 Å². The van der Waals surface area contributed by atoms with Crippen molar-refractivity contribution in [2.45, 2.75) is 25.3 Å². The second-order valence-electron chi connectivity index (χ2n) is 6.33. The molecule has 0 spiro atoms. The number of hydrogen-bond donors (Lipinski definition) is 2. The lowest BCUT2D eigenvalue weighted by Crippen LogP contribution is -2.46. The van der Waals surface area contributed by atoms with E-state index in [4.69, 9.17) is 5.73 Å². The molecule has 1 aliphatic carbocycles. The highest BCUT2D eigenvalue weighted by Crippen LogP contribution is 2.29. The first-order chi connectivity index (χ1) is 12.0. The highest BCUT2D eigenvalue weighted by Gasteiger charge is 2.32. The molecule has 2 aromatic rings. The fourth-order valence-corrected chi connectivity index (χ4v) is 2.64. The highest BCUT2D eigenvalue weighted by molar-refractivity contribution is 6.08. The van der Waals surface area contributed by atoms with Gasteiger partial charge < -0.3 is 11.1 Å². The van der Waals surface area contributed by atoms with E-state index in [9.17, 15) is 14.4 Å². The van der Waals surface area contributed by atoms with Crippen molar-refractivity contribution in [3.05, 3.63) is 71.3 Å². The first-order valence-corrected chi connectivity index (χ1v) is 8.33. The third-order valence-corrected chi connectivity index (χ3v) is 4.30. The molecule has 2 aromatic carbocycles. The van der Waals surface area contributed by atoms with E-state index in [2.05, 4.69) is 5.32 Å². The van der Waals surface area contributed by atoms with Gasteiger partial charge >= 0.3 is 0 Å². The van der Waals surface area contributed by atoms with Crippen LogP contribution in [-0.4, -0.2) is 23.6 Å². The van der Waals surface area contributed by atoms with Crippen molar-refractivity contribution in [1.29, 1.82) is 0 Å². The maximum absolute atomic E-state index is 12.4. The van der Waals surface area contributed by atoms with Crippen LogP contribution in [0, 0.1) is 5.92 Å². The number of nitrogens with one attached hydrogen (secondary N) is 1. The van der Waals surface area contributed by atoms with Gasteiger partial charge in [-0.05, 0) is 18.4 Å². The van der Waals surface area contributed by atoms with Crippen LogP contribution in [0.4, 0.5) is 0 Å². The quantitative estimate of drug-likeness (QED) is 0.756. The molecular weight excluding hydrogens is 316 g/mol. The molecule has 1 aliphatic rings. The maximum Gasteiger partial charge on any atom is 0.240 e. The molecule has 3 N–H and O–H groups in total. The highest BCUT2D eigenvalue weighted by atomic mass is 16.2. The van der Waals surface area contributed by atoms with E-state index in [0.29, 0.717) is 17.5 Å². The first-order valence-electron chi connectivity index (χ1n) is 8.33. The van der Waals surface area contributed by atoms with Crippen LogP contribution in [0.5, 0.6) is 0 Å². The normalized spacial score (nSPS) is 14.6. The van der Waals surface area contributed by atoms with Gasteiger partial charge in [-0.3, -0.25) is 14.4 Å². The number of primary amides is 1. The van der Waals surface area contributed by atoms with Crippen molar-refractivity contribution in [2.24, 2.45) is 11.7 Å². The molecule has 25 heavy (non-hydrogen) atoms. The lowest BCUT2D eigenvalue weighted by Gasteiger charge is -2.15. The van der Waals surface area contributed by atoms with E-state index in [1.54, 1.807) is 36.4 Å². The molecule has 1 saturated carbocycles. The molecule has 2 amide bonds. The smallest absolute Gasteiger partial charge is 0.240 e. The van der Waals surface area contributed by atoms with E-state index in [-0.39, 0.29) is 17.6 Å². The largest absolute Gasteiger partial charge is 0.368 e. The predicted octanol–water partition coefficient (Wildman–Crippen LogP) is 1.84. The average molecular weight is 336 g/mol. The molecule has 3 rings (SSSR count). The SMILES string of the molecule is NC(=O)[C@H](Cc1ccc(C(=O)c2ccccc2)cc1)NC(=O)C1CC1. The van der Waals surface area contributed by atoms with Crippen LogP contribution in [0.1, 0.15) is 34.3 Å². The Kier molecular flexibility index (Phi) is 4.93. The Hall–Kier alpha value is -2.95. The van der Waals surface area contributed by atoms with E-state index in [1.165, 1.54) is 0 Å². The summed E-state index contributed by atoms with van der Waals surface area (Å²) in [5.74, 6) is -0.702. The van der Waals surface area contributed by atoms with Gasteiger partial charge in [-0.15, -0.1) is 0 Å². The average Bonchev–Trinajstić information content (AvgIpc) is 3.47. The number of amides is 2. The minimum Gasteiger partial charge on any atom is -0.368 e. The van der Waals surface area contributed by atoms with Gasteiger partial charge in [0.2, 0.25) is 11.8 Å². The van der Waals surface area contributed by atoms with Gasteiger partial charge in [0.25, 0.3) is 0 Å². The summed E-state index contributed by atoms with van der Waals surface area (Å²) >= 11 is 0. The molecule has 0 aromatic heterocycles. The summed E-state index contributed by atoms with van der Waals surface area (Å²) in [6, 6.07) is 15.3. The number of carbonyl (C=O) groups excluding carboxylic acids is 3. The van der Waals surface area contributed by atoms with Crippen LogP contribution in [0.2, 0.25) is 0 Å². The van der Waals surface area contributed by atoms with Crippen LogP contribution in [0.25, 0.3) is 0 Å². The standard InChI is InChI=1S/C20H20N2O3/c21-19(24)17(22-20(25)16-10-11-16)12-13-6-8-15(9-7-13)18(23)14-4-2-1-3-5-14/h1-9,16-17H,10-12H2,(H2,21,24)(H,22,25)/t17-/m0/s1. The summed E-state index contributed by atoms with van der Waals surface area (Å²) in [6.07, 6.45) is 2.05. The Balaban J connectivity index is 1.67. The second-order valence-corrected chi connectivity index (χ2v) is 6.33. The Bertz CT molecular complexity index is 780. The number of hydrogen-bond acceptors (Lipinski definition) is 3. The van der Waals surface area contributed by atoms with Gasteiger partial charge in [-0.2, -0.15) is 0 Å². The van der Waals surface area contributed by atoms with Crippen LogP contribution in [0.3, 0.4) is 0 Å². The first kappa shape index (κ1) is 16.9. The summed E-state index contributed by atoms with van der Waals surface area (Å²) in [5.41, 5.74) is 7.44. The Morgan fingerprint density at radius 2 is 1.56 bits per heavy atom. The van der Waals surface area contributed by atoms with Crippen LogP contribution < -0.4 is 11.1 Å². The van der Waals surface area contributed by atoms with Crippen LogP contribution >= 0.6 is 0 Å². The summed E-state index contributed by atoms with van der Waals surface area (Å²) < 4.78 is 0. The minimum atomic E-state index is -0.733. The van der Waals surface area contributed by atoms with Gasteiger partial charge in [0.1, 0.15) is 6.04 Å².